The average Bonchev–Trinajstić information content (AvgIpc) is 2.97. The molecule has 0 bridgehead atoms. The minimum Gasteiger partial charge on any atom is -0.493 e. The van der Waals surface area contributed by atoms with E-state index < -0.39 is 0 Å². The number of hydrogen-bond donors (Lipinski definition) is 1. The van der Waals surface area contributed by atoms with Crippen molar-refractivity contribution in [2.45, 2.75) is 13.5 Å². The lowest BCUT2D eigenvalue weighted by atomic mass is 9.99. The number of aryl methyl sites for hydroxylation is 1. The minimum atomic E-state index is 0.399. The molecule has 0 saturated heterocycles. The number of benzene rings is 2. The van der Waals surface area contributed by atoms with E-state index in [0.29, 0.717) is 36.3 Å². The number of hydrogen-bond acceptors (Lipinski definition) is 6. The largest absolute Gasteiger partial charge is 0.493 e. The zero-order valence-corrected chi connectivity index (χ0v) is 19.1. The zero-order valence-electron chi connectivity index (χ0n) is 18.3. The highest BCUT2D eigenvalue weighted by Gasteiger charge is 2.26. The number of aliphatic imine (C=N–C) groups is 1. The van der Waals surface area contributed by atoms with Gasteiger partial charge in [-0.3, -0.25) is 0 Å². The van der Waals surface area contributed by atoms with E-state index in [2.05, 4.69) is 17.0 Å². The third-order valence-electron chi connectivity index (χ3n) is 5.11. The maximum Gasteiger partial charge on any atom is 0.163 e. The fourth-order valence-corrected chi connectivity index (χ4v) is 3.83. The molecule has 1 aromatic heterocycles. The van der Waals surface area contributed by atoms with Crippen LogP contribution < -0.4 is 14.8 Å². The Bertz CT molecular complexity index is 1190. The van der Waals surface area contributed by atoms with E-state index in [0.717, 1.165) is 39.7 Å². The van der Waals surface area contributed by atoms with Gasteiger partial charge in [-0.25, -0.2) is 9.67 Å². The standard InChI is InChI=1S/C24H25ClN4O3/c1-5-10-29-24-22(15(2)28-29)27-23(16-8-6-7-9-18(16)25)17-13-20(31-4)21(14-19(17)26-24)32-12-11-30-3/h5-9,13-14,26H,1,10-12H2,2-4H3. The molecule has 0 fully saturated rings. The predicted molar refractivity (Wildman–Crippen MR) is 128 cm³/mol. The summed E-state index contributed by atoms with van der Waals surface area (Å²) >= 11 is 6.58. The molecule has 8 heteroatoms. The first-order valence-electron chi connectivity index (χ1n) is 10.2. The monoisotopic (exact) mass is 452 g/mol. The van der Waals surface area contributed by atoms with Crippen LogP contribution in [0.25, 0.3) is 0 Å². The number of nitrogens with one attached hydrogen (secondary N) is 1. The van der Waals surface area contributed by atoms with Gasteiger partial charge in [0.15, 0.2) is 17.3 Å². The second-order valence-electron chi connectivity index (χ2n) is 7.21. The normalized spacial score (nSPS) is 12.2. The summed E-state index contributed by atoms with van der Waals surface area (Å²) in [6, 6.07) is 11.5. The molecule has 7 nitrogen and oxygen atoms in total. The first-order chi connectivity index (χ1) is 15.6. The Hall–Kier alpha value is -3.29. The van der Waals surface area contributed by atoms with Crippen LogP contribution in [0.2, 0.25) is 5.02 Å². The molecular formula is C24H25ClN4O3. The molecule has 166 valence electrons. The van der Waals surface area contributed by atoms with Gasteiger partial charge in [-0.2, -0.15) is 5.10 Å². The summed E-state index contributed by atoms with van der Waals surface area (Å²) < 4.78 is 18.5. The van der Waals surface area contributed by atoms with Crippen LogP contribution in [0.4, 0.5) is 17.2 Å². The van der Waals surface area contributed by atoms with Crippen molar-refractivity contribution in [2.75, 3.05) is 32.8 Å². The Morgan fingerprint density at radius 3 is 2.66 bits per heavy atom. The number of fused-ring (bicyclic) bond motifs is 2. The van der Waals surface area contributed by atoms with Crippen molar-refractivity contribution in [3.05, 3.63) is 70.9 Å². The number of nitrogens with zero attached hydrogens (tertiary/aromatic N) is 3. The van der Waals surface area contributed by atoms with Crippen LogP contribution in [-0.2, 0) is 11.3 Å². The number of rotatable bonds is 8. The molecule has 4 rings (SSSR count). The molecule has 0 amide bonds. The molecule has 0 atom stereocenters. The summed E-state index contributed by atoms with van der Waals surface area (Å²) in [6.45, 7) is 7.19. The molecular weight excluding hydrogens is 428 g/mol. The number of halogens is 1. The van der Waals surface area contributed by atoms with E-state index in [1.54, 1.807) is 20.3 Å². The lowest BCUT2D eigenvalue weighted by Gasteiger charge is -2.17. The van der Waals surface area contributed by atoms with E-state index in [1.807, 2.05) is 48.0 Å². The van der Waals surface area contributed by atoms with Crippen molar-refractivity contribution < 1.29 is 14.2 Å². The topological polar surface area (TPSA) is 69.9 Å². The van der Waals surface area contributed by atoms with Gasteiger partial charge in [0.05, 0.1) is 37.4 Å². The second-order valence-corrected chi connectivity index (χ2v) is 7.62. The molecule has 1 aliphatic heterocycles. The molecule has 32 heavy (non-hydrogen) atoms. The summed E-state index contributed by atoms with van der Waals surface area (Å²) in [7, 11) is 3.25. The zero-order chi connectivity index (χ0) is 22.7. The maximum atomic E-state index is 6.58. The van der Waals surface area contributed by atoms with E-state index in [1.165, 1.54) is 0 Å². The Morgan fingerprint density at radius 1 is 1.12 bits per heavy atom. The van der Waals surface area contributed by atoms with Crippen LogP contribution in [-0.4, -0.2) is 42.9 Å². The van der Waals surface area contributed by atoms with E-state index >= 15 is 0 Å². The summed E-state index contributed by atoms with van der Waals surface area (Å²) in [5.74, 6) is 1.97. The fraction of sp³-hybridized carbons (Fsp3) is 0.250. The molecule has 0 spiro atoms. The van der Waals surface area contributed by atoms with Gasteiger partial charge in [-0.05, 0) is 19.1 Å². The van der Waals surface area contributed by atoms with Gasteiger partial charge in [0.2, 0.25) is 0 Å². The van der Waals surface area contributed by atoms with Crippen molar-refractivity contribution in [2.24, 2.45) is 4.99 Å². The van der Waals surface area contributed by atoms with Crippen LogP contribution in [0.1, 0.15) is 16.8 Å². The van der Waals surface area contributed by atoms with E-state index in [9.17, 15) is 0 Å². The maximum absolute atomic E-state index is 6.58. The quantitative estimate of drug-likeness (QED) is 0.290. The highest BCUT2D eigenvalue weighted by molar-refractivity contribution is 6.36. The lowest BCUT2D eigenvalue weighted by molar-refractivity contribution is 0.144. The van der Waals surface area contributed by atoms with Crippen molar-refractivity contribution in [1.82, 2.24) is 9.78 Å². The third-order valence-corrected chi connectivity index (χ3v) is 5.44. The molecule has 2 heterocycles. The summed E-state index contributed by atoms with van der Waals surface area (Å²) in [6.07, 6.45) is 1.80. The summed E-state index contributed by atoms with van der Waals surface area (Å²) in [5, 5.41) is 8.75. The van der Waals surface area contributed by atoms with Gasteiger partial charge in [0.1, 0.15) is 12.3 Å². The van der Waals surface area contributed by atoms with Crippen LogP contribution in [0.3, 0.4) is 0 Å². The minimum absolute atomic E-state index is 0.399. The Balaban J connectivity index is 1.95. The third kappa shape index (κ3) is 4.09. The summed E-state index contributed by atoms with van der Waals surface area (Å²) in [4.78, 5) is 5.03. The van der Waals surface area contributed by atoms with Crippen molar-refractivity contribution in [1.29, 1.82) is 0 Å². The lowest BCUT2D eigenvalue weighted by Crippen LogP contribution is -2.10. The van der Waals surface area contributed by atoms with Gasteiger partial charge in [-0.1, -0.05) is 35.9 Å². The number of methoxy groups -OCH3 is 2. The molecule has 0 unspecified atom stereocenters. The Morgan fingerprint density at radius 2 is 1.94 bits per heavy atom. The molecule has 0 saturated carbocycles. The summed E-state index contributed by atoms with van der Waals surface area (Å²) in [5.41, 5.74) is 4.74. The average molecular weight is 453 g/mol. The van der Waals surface area contributed by atoms with Gasteiger partial charge in [0, 0.05) is 29.3 Å². The predicted octanol–water partition coefficient (Wildman–Crippen LogP) is 5.29. The van der Waals surface area contributed by atoms with Crippen molar-refractivity contribution in [3.8, 4) is 11.5 Å². The molecule has 1 N–H and O–H groups in total. The number of ether oxygens (including phenoxy) is 3. The van der Waals surface area contributed by atoms with Crippen molar-refractivity contribution in [3.63, 3.8) is 0 Å². The molecule has 0 aliphatic carbocycles. The van der Waals surface area contributed by atoms with Crippen molar-refractivity contribution >= 4 is 34.5 Å². The fourth-order valence-electron chi connectivity index (χ4n) is 3.61. The smallest absolute Gasteiger partial charge is 0.163 e. The van der Waals surface area contributed by atoms with Gasteiger partial charge in [0.25, 0.3) is 0 Å². The van der Waals surface area contributed by atoms with E-state index in [-0.39, 0.29) is 0 Å². The molecule has 2 aromatic carbocycles. The highest BCUT2D eigenvalue weighted by Crippen LogP contribution is 2.42. The molecule has 3 aromatic rings. The highest BCUT2D eigenvalue weighted by atomic mass is 35.5. The first kappa shape index (κ1) is 21.9. The number of anilines is 2. The van der Waals surface area contributed by atoms with Gasteiger partial charge in [-0.15, -0.1) is 6.58 Å². The van der Waals surface area contributed by atoms with Gasteiger partial charge >= 0.3 is 0 Å². The van der Waals surface area contributed by atoms with E-state index in [4.69, 9.17) is 30.8 Å². The number of aromatic nitrogens is 2. The van der Waals surface area contributed by atoms with Crippen LogP contribution >= 0.6 is 11.6 Å². The SMILES string of the molecule is C=CCn1nc(C)c2c1Nc1cc(OCCOC)c(OC)cc1C(c1ccccc1Cl)=N2. The molecule has 1 aliphatic rings. The van der Waals surface area contributed by atoms with Crippen LogP contribution in [0.15, 0.2) is 54.0 Å². The van der Waals surface area contributed by atoms with Crippen LogP contribution in [0.5, 0.6) is 11.5 Å². The molecule has 0 radical (unpaired) electrons. The Labute approximate surface area is 192 Å². The number of allylic oxidation sites excluding steroid dienone is 1. The van der Waals surface area contributed by atoms with Gasteiger partial charge < -0.3 is 19.5 Å². The Kier molecular flexibility index (Phi) is 6.48. The van der Waals surface area contributed by atoms with Crippen LogP contribution in [0, 0.1) is 6.92 Å². The first-order valence-corrected chi connectivity index (χ1v) is 10.6. The second kappa shape index (κ2) is 9.46.